The molecule has 0 spiro atoms. The second-order valence-electron chi connectivity index (χ2n) is 7.13. The first kappa shape index (κ1) is 19.9. The minimum absolute atomic E-state index is 0.0318. The molecule has 0 N–H and O–H groups in total. The molecule has 1 aliphatic rings. The molecule has 0 saturated carbocycles. The fourth-order valence-corrected chi connectivity index (χ4v) is 3.20. The minimum Gasteiger partial charge on any atom is -0.390 e. The number of halogens is 1. The van der Waals surface area contributed by atoms with E-state index in [0.29, 0.717) is 24.9 Å². The first-order valence-corrected chi connectivity index (χ1v) is 9.49. The lowest BCUT2D eigenvalue weighted by Gasteiger charge is -2.24. The Kier molecular flexibility index (Phi) is 6.29. The molecular formula is C22H26FN3O2. The molecule has 1 atom stereocenters. The van der Waals surface area contributed by atoms with Crippen molar-refractivity contribution < 1.29 is 14.0 Å². The van der Waals surface area contributed by atoms with Gasteiger partial charge in [0.05, 0.1) is 12.3 Å². The van der Waals surface area contributed by atoms with Gasteiger partial charge < -0.3 is 14.6 Å². The van der Waals surface area contributed by atoms with Crippen molar-refractivity contribution in [2.45, 2.75) is 32.4 Å². The lowest BCUT2D eigenvalue weighted by atomic mass is 10.0. The van der Waals surface area contributed by atoms with E-state index in [-0.39, 0.29) is 24.4 Å². The SMILES string of the molecule is CCC(=O)N(Cc1ccccc1F)C[C@H]1CC(c2ccc(N(C)C)cc2)=NO1. The number of anilines is 1. The van der Waals surface area contributed by atoms with Gasteiger partial charge in [-0.05, 0) is 23.8 Å². The molecule has 1 amide bonds. The maximum Gasteiger partial charge on any atom is 0.222 e. The summed E-state index contributed by atoms with van der Waals surface area (Å²) in [5.74, 6) is -0.336. The van der Waals surface area contributed by atoms with Crippen LogP contribution in [0.5, 0.6) is 0 Å². The predicted octanol–water partition coefficient (Wildman–Crippen LogP) is 3.82. The fourth-order valence-electron chi connectivity index (χ4n) is 3.20. The summed E-state index contributed by atoms with van der Waals surface area (Å²) in [6.07, 6.45) is 0.748. The van der Waals surface area contributed by atoms with E-state index in [2.05, 4.69) is 5.16 Å². The van der Waals surface area contributed by atoms with E-state index < -0.39 is 0 Å². The standard InChI is InChI=1S/C22H26FN3O2/c1-4-22(27)26(14-17-7-5-6-8-20(17)23)15-19-13-21(24-28-19)16-9-11-18(12-10-16)25(2)3/h5-12,19H,4,13-15H2,1-3H3/t19-/m1/s1. The van der Waals surface area contributed by atoms with E-state index in [1.54, 1.807) is 30.0 Å². The highest BCUT2D eigenvalue weighted by molar-refractivity contribution is 6.01. The van der Waals surface area contributed by atoms with Crippen LogP contribution in [-0.2, 0) is 16.2 Å². The molecule has 0 fully saturated rings. The molecule has 0 unspecified atom stereocenters. The number of benzene rings is 2. The molecule has 28 heavy (non-hydrogen) atoms. The molecule has 1 aliphatic heterocycles. The van der Waals surface area contributed by atoms with Crippen molar-refractivity contribution in [2.75, 3.05) is 25.5 Å². The van der Waals surface area contributed by atoms with Gasteiger partial charge in [0.2, 0.25) is 5.91 Å². The molecule has 0 saturated heterocycles. The third-order valence-electron chi connectivity index (χ3n) is 4.85. The van der Waals surface area contributed by atoms with Gasteiger partial charge in [0.1, 0.15) is 5.82 Å². The molecule has 0 bridgehead atoms. The van der Waals surface area contributed by atoms with Crippen LogP contribution >= 0.6 is 0 Å². The van der Waals surface area contributed by atoms with Crippen LogP contribution in [0.3, 0.4) is 0 Å². The Labute approximate surface area is 165 Å². The molecule has 3 rings (SSSR count). The van der Waals surface area contributed by atoms with Crippen molar-refractivity contribution >= 4 is 17.3 Å². The molecule has 0 radical (unpaired) electrons. The molecule has 0 aliphatic carbocycles. The van der Waals surface area contributed by atoms with Crippen LogP contribution in [0.1, 0.15) is 30.9 Å². The molecule has 0 aromatic heterocycles. The molecule has 5 nitrogen and oxygen atoms in total. The summed E-state index contributed by atoms with van der Waals surface area (Å²) in [5.41, 5.74) is 3.49. The summed E-state index contributed by atoms with van der Waals surface area (Å²) < 4.78 is 14.0. The Morgan fingerprint density at radius 3 is 2.54 bits per heavy atom. The molecule has 6 heteroatoms. The highest BCUT2D eigenvalue weighted by atomic mass is 19.1. The zero-order chi connectivity index (χ0) is 20.1. The predicted molar refractivity (Wildman–Crippen MR) is 109 cm³/mol. The van der Waals surface area contributed by atoms with E-state index in [1.165, 1.54) is 6.07 Å². The average Bonchev–Trinajstić information content (AvgIpc) is 3.17. The van der Waals surface area contributed by atoms with Crippen LogP contribution in [0.15, 0.2) is 53.7 Å². The Balaban J connectivity index is 1.65. The van der Waals surface area contributed by atoms with Crippen molar-refractivity contribution in [3.05, 3.63) is 65.5 Å². The fraction of sp³-hybridized carbons (Fsp3) is 0.364. The van der Waals surface area contributed by atoms with Crippen LogP contribution in [0, 0.1) is 5.82 Å². The van der Waals surface area contributed by atoms with E-state index in [4.69, 9.17) is 4.84 Å². The number of carbonyl (C=O) groups excluding carboxylic acids is 1. The van der Waals surface area contributed by atoms with Gasteiger partial charge in [-0.1, -0.05) is 42.4 Å². The van der Waals surface area contributed by atoms with Gasteiger partial charge in [-0.3, -0.25) is 4.79 Å². The first-order chi connectivity index (χ1) is 13.5. The van der Waals surface area contributed by atoms with E-state index in [0.717, 1.165) is 17.0 Å². The number of hydrogen-bond donors (Lipinski definition) is 0. The normalized spacial score (nSPS) is 15.7. The van der Waals surface area contributed by atoms with Crippen LogP contribution in [0.4, 0.5) is 10.1 Å². The van der Waals surface area contributed by atoms with E-state index >= 15 is 0 Å². The molecule has 1 heterocycles. The Morgan fingerprint density at radius 2 is 1.89 bits per heavy atom. The summed E-state index contributed by atoms with van der Waals surface area (Å²) in [6, 6.07) is 14.7. The van der Waals surface area contributed by atoms with Crippen molar-refractivity contribution in [1.29, 1.82) is 0 Å². The van der Waals surface area contributed by atoms with Crippen LogP contribution in [0.2, 0.25) is 0 Å². The van der Waals surface area contributed by atoms with Crippen molar-refractivity contribution in [3.8, 4) is 0 Å². The van der Waals surface area contributed by atoms with E-state index in [1.807, 2.05) is 43.3 Å². The molecular weight excluding hydrogens is 357 g/mol. The topological polar surface area (TPSA) is 45.1 Å². The monoisotopic (exact) mass is 383 g/mol. The largest absolute Gasteiger partial charge is 0.390 e. The van der Waals surface area contributed by atoms with Gasteiger partial charge in [0.25, 0.3) is 0 Å². The van der Waals surface area contributed by atoms with Gasteiger partial charge in [-0.2, -0.15) is 0 Å². The summed E-state index contributed by atoms with van der Waals surface area (Å²) >= 11 is 0. The summed E-state index contributed by atoms with van der Waals surface area (Å²) in [6.45, 7) is 2.41. The number of rotatable bonds is 7. The highest BCUT2D eigenvalue weighted by Crippen LogP contribution is 2.21. The molecule has 2 aromatic carbocycles. The number of amides is 1. The van der Waals surface area contributed by atoms with Gasteiger partial charge in [0, 0.05) is 44.7 Å². The summed E-state index contributed by atoms with van der Waals surface area (Å²) in [7, 11) is 3.99. The zero-order valence-electron chi connectivity index (χ0n) is 16.6. The number of nitrogens with zero attached hydrogens (tertiary/aromatic N) is 3. The second-order valence-corrected chi connectivity index (χ2v) is 7.13. The van der Waals surface area contributed by atoms with Crippen LogP contribution in [0.25, 0.3) is 0 Å². The Bertz CT molecular complexity index is 849. The number of carbonyl (C=O) groups is 1. The maximum atomic E-state index is 14.0. The Morgan fingerprint density at radius 1 is 1.18 bits per heavy atom. The molecule has 148 valence electrons. The third-order valence-corrected chi connectivity index (χ3v) is 4.85. The summed E-state index contributed by atoms with van der Waals surface area (Å²) in [5, 5.41) is 4.22. The number of hydrogen-bond acceptors (Lipinski definition) is 4. The van der Waals surface area contributed by atoms with Crippen molar-refractivity contribution in [2.24, 2.45) is 5.16 Å². The highest BCUT2D eigenvalue weighted by Gasteiger charge is 2.26. The minimum atomic E-state index is -0.304. The second kappa shape index (κ2) is 8.87. The van der Waals surface area contributed by atoms with Gasteiger partial charge in [0.15, 0.2) is 6.10 Å². The van der Waals surface area contributed by atoms with Gasteiger partial charge >= 0.3 is 0 Å². The quantitative estimate of drug-likeness (QED) is 0.730. The van der Waals surface area contributed by atoms with Crippen molar-refractivity contribution in [1.82, 2.24) is 4.90 Å². The zero-order valence-corrected chi connectivity index (χ0v) is 16.6. The van der Waals surface area contributed by atoms with Gasteiger partial charge in [-0.15, -0.1) is 0 Å². The summed E-state index contributed by atoms with van der Waals surface area (Å²) in [4.78, 5) is 21.6. The maximum absolute atomic E-state index is 14.0. The first-order valence-electron chi connectivity index (χ1n) is 9.49. The average molecular weight is 383 g/mol. The lowest BCUT2D eigenvalue weighted by molar-refractivity contribution is -0.133. The van der Waals surface area contributed by atoms with E-state index in [9.17, 15) is 9.18 Å². The van der Waals surface area contributed by atoms with Crippen molar-refractivity contribution in [3.63, 3.8) is 0 Å². The molecule has 2 aromatic rings. The Hall–Kier alpha value is -2.89. The van der Waals surface area contributed by atoms with Gasteiger partial charge in [-0.25, -0.2) is 4.39 Å². The third kappa shape index (κ3) is 4.68. The smallest absolute Gasteiger partial charge is 0.222 e. The van der Waals surface area contributed by atoms with Crippen LogP contribution in [-0.4, -0.2) is 43.3 Å². The lowest BCUT2D eigenvalue weighted by Crippen LogP contribution is -2.37. The van der Waals surface area contributed by atoms with Crippen LogP contribution < -0.4 is 4.90 Å². The number of oxime groups is 1.